The summed E-state index contributed by atoms with van der Waals surface area (Å²) in [6, 6.07) is 12.6. The normalized spacial score (nSPS) is 17.7. The van der Waals surface area contributed by atoms with Crippen molar-refractivity contribution in [2.75, 3.05) is 0 Å². The molecule has 1 unspecified atom stereocenters. The fourth-order valence-electron chi connectivity index (χ4n) is 3.11. The third-order valence-electron chi connectivity index (χ3n) is 4.17. The molecule has 0 N–H and O–H groups in total. The molecule has 1 aliphatic rings. The van der Waals surface area contributed by atoms with Gasteiger partial charge in [-0.25, -0.2) is 0 Å². The van der Waals surface area contributed by atoms with E-state index in [-0.39, 0.29) is 5.92 Å². The number of benzene rings is 1. The van der Waals surface area contributed by atoms with Crippen LogP contribution in [0, 0.1) is 0 Å². The van der Waals surface area contributed by atoms with E-state index >= 15 is 0 Å². The Hall–Kier alpha value is -1.41. The topological polar surface area (TPSA) is 17.1 Å². The SMILES string of the molecule is O=C(CCCc1ccccc1)C1CCCc2sccc21. The lowest BCUT2D eigenvalue weighted by molar-refractivity contribution is -0.120. The Bertz CT molecular complexity index is 570. The molecule has 1 heterocycles. The Labute approximate surface area is 124 Å². The molecular weight excluding hydrogens is 264 g/mol. The van der Waals surface area contributed by atoms with Crippen LogP contribution in [0.3, 0.4) is 0 Å². The summed E-state index contributed by atoms with van der Waals surface area (Å²) in [6.45, 7) is 0. The average Bonchev–Trinajstić information content (AvgIpc) is 2.96. The number of carbonyl (C=O) groups is 1. The van der Waals surface area contributed by atoms with Gasteiger partial charge in [-0.2, -0.15) is 0 Å². The van der Waals surface area contributed by atoms with Crippen molar-refractivity contribution in [3.63, 3.8) is 0 Å². The fraction of sp³-hybridized carbons (Fsp3) is 0.389. The highest BCUT2D eigenvalue weighted by Crippen LogP contribution is 2.36. The maximum Gasteiger partial charge on any atom is 0.140 e. The van der Waals surface area contributed by atoms with Crippen LogP contribution < -0.4 is 0 Å². The van der Waals surface area contributed by atoms with Crippen molar-refractivity contribution in [1.29, 1.82) is 0 Å². The van der Waals surface area contributed by atoms with Gasteiger partial charge in [0.15, 0.2) is 0 Å². The van der Waals surface area contributed by atoms with E-state index in [0.717, 1.165) is 25.7 Å². The number of aryl methyl sites for hydroxylation is 2. The first kappa shape index (κ1) is 13.6. The molecule has 104 valence electrons. The minimum absolute atomic E-state index is 0.181. The average molecular weight is 284 g/mol. The predicted octanol–water partition coefficient (Wildman–Crippen LogP) is 4.76. The van der Waals surface area contributed by atoms with Gasteiger partial charge in [-0.1, -0.05) is 30.3 Å². The number of ketones is 1. The van der Waals surface area contributed by atoms with Crippen molar-refractivity contribution < 1.29 is 4.79 Å². The van der Waals surface area contributed by atoms with Gasteiger partial charge in [-0.05, 0) is 54.7 Å². The Morgan fingerprint density at radius 2 is 2.05 bits per heavy atom. The second-order valence-corrected chi connectivity index (χ2v) is 6.55. The van der Waals surface area contributed by atoms with E-state index in [0.29, 0.717) is 5.78 Å². The summed E-state index contributed by atoms with van der Waals surface area (Å²) in [4.78, 5) is 13.9. The van der Waals surface area contributed by atoms with Gasteiger partial charge in [0.05, 0.1) is 0 Å². The van der Waals surface area contributed by atoms with Gasteiger partial charge in [0.2, 0.25) is 0 Å². The molecule has 0 bridgehead atoms. The third-order valence-corrected chi connectivity index (χ3v) is 5.17. The number of thiophene rings is 1. The maximum absolute atomic E-state index is 12.5. The summed E-state index contributed by atoms with van der Waals surface area (Å²) in [5.74, 6) is 0.626. The van der Waals surface area contributed by atoms with Crippen LogP contribution in [0.5, 0.6) is 0 Å². The van der Waals surface area contributed by atoms with Crippen molar-refractivity contribution in [2.24, 2.45) is 0 Å². The van der Waals surface area contributed by atoms with Crippen LogP contribution in [0.4, 0.5) is 0 Å². The van der Waals surface area contributed by atoms with Crippen molar-refractivity contribution in [3.8, 4) is 0 Å². The zero-order valence-corrected chi connectivity index (χ0v) is 12.5. The van der Waals surface area contributed by atoms with Gasteiger partial charge in [0.25, 0.3) is 0 Å². The largest absolute Gasteiger partial charge is 0.299 e. The highest BCUT2D eigenvalue weighted by molar-refractivity contribution is 7.10. The van der Waals surface area contributed by atoms with Crippen molar-refractivity contribution >= 4 is 17.1 Å². The van der Waals surface area contributed by atoms with Crippen LogP contribution >= 0.6 is 11.3 Å². The van der Waals surface area contributed by atoms with Crippen LogP contribution in [-0.4, -0.2) is 5.78 Å². The molecule has 20 heavy (non-hydrogen) atoms. The molecule has 0 saturated carbocycles. The van der Waals surface area contributed by atoms with Crippen molar-refractivity contribution in [3.05, 3.63) is 57.8 Å². The number of hydrogen-bond donors (Lipinski definition) is 0. The lowest BCUT2D eigenvalue weighted by Gasteiger charge is -2.21. The number of hydrogen-bond acceptors (Lipinski definition) is 2. The zero-order chi connectivity index (χ0) is 13.8. The summed E-state index contributed by atoms with van der Waals surface area (Å²) in [5.41, 5.74) is 2.66. The summed E-state index contributed by atoms with van der Waals surface area (Å²) in [6.07, 6.45) is 6.08. The molecule has 3 rings (SSSR count). The number of rotatable bonds is 5. The van der Waals surface area contributed by atoms with Gasteiger partial charge in [-0.3, -0.25) is 4.79 Å². The molecule has 1 aromatic carbocycles. The van der Waals surface area contributed by atoms with Crippen molar-refractivity contribution in [1.82, 2.24) is 0 Å². The number of carbonyl (C=O) groups excluding carboxylic acids is 1. The quantitative estimate of drug-likeness (QED) is 0.773. The van der Waals surface area contributed by atoms with Gasteiger partial charge in [0.1, 0.15) is 5.78 Å². The fourth-order valence-corrected chi connectivity index (χ4v) is 4.09. The summed E-state index contributed by atoms with van der Waals surface area (Å²) in [5, 5.41) is 2.14. The van der Waals surface area contributed by atoms with Crippen LogP contribution in [0.2, 0.25) is 0 Å². The minimum Gasteiger partial charge on any atom is -0.299 e. The molecule has 2 aromatic rings. The molecule has 1 nitrogen and oxygen atoms in total. The maximum atomic E-state index is 12.5. The Kier molecular flexibility index (Phi) is 4.31. The number of fused-ring (bicyclic) bond motifs is 1. The van der Waals surface area contributed by atoms with E-state index < -0.39 is 0 Å². The van der Waals surface area contributed by atoms with Crippen LogP contribution in [0.25, 0.3) is 0 Å². The van der Waals surface area contributed by atoms with Gasteiger partial charge in [-0.15, -0.1) is 11.3 Å². The second-order valence-electron chi connectivity index (χ2n) is 5.55. The zero-order valence-electron chi connectivity index (χ0n) is 11.7. The highest BCUT2D eigenvalue weighted by atomic mass is 32.1. The van der Waals surface area contributed by atoms with E-state index in [9.17, 15) is 4.79 Å². The van der Waals surface area contributed by atoms with Crippen LogP contribution in [0.1, 0.15) is 47.6 Å². The van der Waals surface area contributed by atoms with E-state index in [1.54, 1.807) is 0 Å². The minimum atomic E-state index is 0.181. The standard InChI is InChI=1S/C18H20OS/c19-17(10-4-8-14-6-2-1-3-7-14)15-9-5-11-18-16(15)12-13-20-18/h1-3,6-7,12-13,15H,4-5,8-11H2. The first-order chi connectivity index (χ1) is 9.84. The molecule has 0 saturated heterocycles. The molecule has 0 amide bonds. The first-order valence-electron chi connectivity index (χ1n) is 7.47. The molecule has 1 aromatic heterocycles. The van der Waals surface area contributed by atoms with E-state index in [2.05, 4.69) is 35.7 Å². The van der Waals surface area contributed by atoms with Gasteiger partial charge >= 0.3 is 0 Å². The van der Waals surface area contributed by atoms with Crippen molar-refractivity contribution in [2.45, 2.75) is 44.4 Å². The first-order valence-corrected chi connectivity index (χ1v) is 8.35. The van der Waals surface area contributed by atoms with Crippen LogP contribution in [0.15, 0.2) is 41.8 Å². The molecular formula is C18H20OS. The monoisotopic (exact) mass is 284 g/mol. The predicted molar refractivity (Wildman–Crippen MR) is 84.4 cm³/mol. The number of Topliss-reactive ketones (excluding diaryl/α,β-unsaturated/α-hetero) is 1. The molecule has 2 heteroatoms. The molecule has 0 spiro atoms. The van der Waals surface area contributed by atoms with Crippen LogP contribution in [-0.2, 0) is 17.6 Å². The van der Waals surface area contributed by atoms with E-state index in [1.165, 1.54) is 28.8 Å². The molecule has 0 aliphatic heterocycles. The highest BCUT2D eigenvalue weighted by Gasteiger charge is 2.26. The van der Waals surface area contributed by atoms with E-state index in [4.69, 9.17) is 0 Å². The third kappa shape index (κ3) is 3.01. The Morgan fingerprint density at radius 3 is 2.90 bits per heavy atom. The molecule has 0 fully saturated rings. The van der Waals surface area contributed by atoms with Gasteiger partial charge < -0.3 is 0 Å². The summed E-state index contributed by atoms with van der Waals surface area (Å²) >= 11 is 1.82. The summed E-state index contributed by atoms with van der Waals surface area (Å²) < 4.78 is 0. The lowest BCUT2D eigenvalue weighted by atomic mass is 9.83. The molecule has 0 radical (unpaired) electrons. The second kappa shape index (κ2) is 6.36. The molecule has 1 aliphatic carbocycles. The smallest absolute Gasteiger partial charge is 0.140 e. The Balaban J connectivity index is 1.56. The van der Waals surface area contributed by atoms with Gasteiger partial charge in [0, 0.05) is 17.2 Å². The lowest BCUT2D eigenvalue weighted by Crippen LogP contribution is -2.17. The van der Waals surface area contributed by atoms with E-state index in [1.807, 2.05) is 17.4 Å². The molecule has 1 atom stereocenters. The summed E-state index contributed by atoms with van der Waals surface area (Å²) in [7, 11) is 0. The Morgan fingerprint density at radius 1 is 1.20 bits per heavy atom.